The van der Waals surface area contributed by atoms with Crippen molar-refractivity contribution in [2.24, 2.45) is 11.8 Å². The van der Waals surface area contributed by atoms with Crippen LogP contribution in [0.15, 0.2) is 54.6 Å². The van der Waals surface area contributed by atoms with Gasteiger partial charge in [0.15, 0.2) is 0 Å². The fraction of sp³-hybridized carbons (Fsp3) is 0.464. The molecule has 3 aliphatic rings. The predicted octanol–water partition coefficient (Wildman–Crippen LogP) is 2.27. The van der Waals surface area contributed by atoms with E-state index >= 15 is 0 Å². The Labute approximate surface area is 216 Å². The van der Waals surface area contributed by atoms with Gasteiger partial charge in [0.25, 0.3) is 0 Å². The normalized spacial score (nSPS) is 30.6. The standard InChI is InChI=1S/C28H33N3O6/c1-4-27-14-15-28(37-27)22(21(27)24(33)29-2)26(35)31(20(16-32)17-8-6-5-7-9-17)23(28)25(34)30-18-10-12-19(36-3)13-11-18/h5-13,20-23,32H,4,14-16H2,1-3H3,(H,29,33)(H,30,34)/t20-,21+,22+,23?,27-,28?/m1/s1. The lowest BCUT2D eigenvalue weighted by Gasteiger charge is -2.37. The number of fused-ring (bicyclic) bond motifs is 1. The van der Waals surface area contributed by atoms with Gasteiger partial charge in [-0.15, -0.1) is 0 Å². The highest BCUT2D eigenvalue weighted by Crippen LogP contribution is 2.65. The van der Waals surface area contributed by atoms with Crippen molar-refractivity contribution in [2.45, 2.75) is 49.5 Å². The summed E-state index contributed by atoms with van der Waals surface area (Å²) >= 11 is 0. The van der Waals surface area contributed by atoms with Gasteiger partial charge >= 0.3 is 0 Å². The molecule has 3 N–H and O–H groups in total. The molecule has 37 heavy (non-hydrogen) atoms. The molecule has 0 aromatic heterocycles. The van der Waals surface area contributed by atoms with Gasteiger partial charge in [0.2, 0.25) is 17.7 Å². The molecule has 3 aliphatic heterocycles. The smallest absolute Gasteiger partial charge is 0.250 e. The maximum absolute atomic E-state index is 14.2. The summed E-state index contributed by atoms with van der Waals surface area (Å²) < 4.78 is 11.9. The Kier molecular flexibility index (Phi) is 6.45. The lowest BCUT2D eigenvalue weighted by molar-refractivity contribution is -0.149. The number of anilines is 1. The Hall–Kier alpha value is -3.43. The highest BCUT2D eigenvalue weighted by atomic mass is 16.5. The van der Waals surface area contributed by atoms with E-state index in [-0.39, 0.29) is 18.4 Å². The Morgan fingerprint density at radius 2 is 1.84 bits per heavy atom. The maximum Gasteiger partial charge on any atom is 0.250 e. The van der Waals surface area contributed by atoms with Crippen LogP contribution in [0.4, 0.5) is 5.69 Å². The minimum atomic E-state index is -1.18. The average molecular weight is 508 g/mol. The third-order valence-electron chi connectivity index (χ3n) is 8.45. The molecular formula is C28H33N3O6. The molecule has 2 aromatic carbocycles. The average Bonchev–Trinajstić information content (AvgIpc) is 3.53. The van der Waals surface area contributed by atoms with Crippen LogP contribution in [-0.4, -0.2) is 65.7 Å². The fourth-order valence-corrected chi connectivity index (χ4v) is 6.76. The molecule has 0 aliphatic carbocycles. The summed E-state index contributed by atoms with van der Waals surface area (Å²) in [5.41, 5.74) is -0.748. The third kappa shape index (κ3) is 3.71. The fourth-order valence-electron chi connectivity index (χ4n) is 6.76. The summed E-state index contributed by atoms with van der Waals surface area (Å²) in [6.07, 6.45) is 1.58. The maximum atomic E-state index is 14.2. The van der Waals surface area contributed by atoms with E-state index in [0.717, 1.165) is 0 Å². The van der Waals surface area contributed by atoms with Gasteiger partial charge in [-0.3, -0.25) is 14.4 Å². The van der Waals surface area contributed by atoms with Gasteiger partial charge in [-0.05, 0) is 49.1 Å². The molecule has 1 spiro atoms. The minimum Gasteiger partial charge on any atom is -0.497 e. The van der Waals surface area contributed by atoms with Gasteiger partial charge in [0.05, 0.1) is 37.2 Å². The number of hydrogen-bond acceptors (Lipinski definition) is 6. The minimum absolute atomic E-state index is 0.266. The molecule has 3 saturated heterocycles. The SMILES string of the molecule is CC[C@]12CCC3(O1)C(C(=O)Nc1ccc(OC)cc1)N([C@H](CO)c1ccccc1)C(=O)[C@@H]3[C@H]2C(=O)NC. The van der Waals surface area contributed by atoms with Gasteiger partial charge in [-0.2, -0.15) is 0 Å². The van der Waals surface area contributed by atoms with Crippen molar-refractivity contribution in [1.29, 1.82) is 0 Å². The zero-order valence-electron chi connectivity index (χ0n) is 21.3. The van der Waals surface area contributed by atoms with Gasteiger partial charge in [0, 0.05) is 12.7 Å². The molecule has 3 fully saturated rings. The highest BCUT2D eigenvalue weighted by Gasteiger charge is 2.79. The third-order valence-corrected chi connectivity index (χ3v) is 8.45. The first-order valence-electron chi connectivity index (χ1n) is 12.7. The number of methoxy groups -OCH3 is 1. The molecule has 2 bridgehead atoms. The number of carbonyl (C=O) groups excluding carboxylic acids is 3. The van der Waals surface area contributed by atoms with E-state index in [1.165, 1.54) is 4.90 Å². The molecule has 2 unspecified atom stereocenters. The molecule has 3 heterocycles. The van der Waals surface area contributed by atoms with E-state index in [0.29, 0.717) is 36.3 Å². The van der Waals surface area contributed by atoms with Crippen molar-refractivity contribution < 1.29 is 29.0 Å². The quantitative estimate of drug-likeness (QED) is 0.505. The van der Waals surface area contributed by atoms with Crippen LogP contribution in [0.5, 0.6) is 5.75 Å². The van der Waals surface area contributed by atoms with Gasteiger partial charge < -0.3 is 30.1 Å². The largest absolute Gasteiger partial charge is 0.497 e. The molecule has 9 nitrogen and oxygen atoms in total. The van der Waals surface area contributed by atoms with Gasteiger partial charge in [-0.1, -0.05) is 37.3 Å². The van der Waals surface area contributed by atoms with Crippen LogP contribution in [0.25, 0.3) is 0 Å². The summed E-state index contributed by atoms with van der Waals surface area (Å²) in [7, 11) is 3.11. The lowest BCUT2D eigenvalue weighted by atomic mass is 9.65. The molecule has 9 heteroatoms. The molecule has 5 rings (SSSR count). The van der Waals surface area contributed by atoms with E-state index in [9.17, 15) is 19.5 Å². The summed E-state index contributed by atoms with van der Waals surface area (Å²) in [5.74, 6) is -1.93. The number of carbonyl (C=O) groups is 3. The summed E-state index contributed by atoms with van der Waals surface area (Å²) in [6.45, 7) is 1.57. The van der Waals surface area contributed by atoms with E-state index in [1.807, 2.05) is 37.3 Å². The van der Waals surface area contributed by atoms with E-state index < -0.39 is 41.0 Å². The van der Waals surface area contributed by atoms with Gasteiger partial charge in [-0.25, -0.2) is 0 Å². The molecule has 2 aromatic rings. The van der Waals surface area contributed by atoms with Crippen LogP contribution < -0.4 is 15.4 Å². The van der Waals surface area contributed by atoms with Crippen molar-refractivity contribution in [3.63, 3.8) is 0 Å². The molecular weight excluding hydrogens is 474 g/mol. The number of hydrogen-bond donors (Lipinski definition) is 3. The summed E-state index contributed by atoms with van der Waals surface area (Å²) in [5, 5.41) is 16.2. The zero-order chi connectivity index (χ0) is 26.4. The first-order chi connectivity index (χ1) is 17.9. The molecule has 0 saturated carbocycles. The van der Waals surface area contributed by atoms with Crippen LogP contribution >= 0.6 is 0 Å². The second-order valence-corrected chi connectivity index (χ2v) is 10.0. The number of aliphatic hydroxyl groups is 1. The first-order valence-corrected chi connectivity index (χ1v) is 12.7. The van der Waals surface area contributed by atoms with E-state index in [1.54, 1.807) is 38.4 Å². The first kappa shape index (κ1) is 25.2. The Balaban J connectivity index is 1.61. The number of amides is 3. The van der Waals surface area contributed by atoms with Crippen molar-refractivity contribution in [3.8, 4) is 5.75 Å². The highest BCUT2D eigenvalue weighted by molar-refractivity contribution is 6.04. The second kappa shape index (κ2) is 9.46. The van der Waals surface area contributed by atoms with Crippen molar-refractivity contribution in [2.75, 3.05) is 26.1 Å². The van der Waals surface area contributed by atoms with E-state index in [4.69, 9.17) is 9.47 Å². The Bertz CT molecular complexity index is 1190. The number of nitrogens with zero attached hydrogens (tertiary/aromatic N) is 1. The van der Waals surface area contributed by atoms with Crippen LogP contribution in [0.2, 0.25) is 0 Å². The monoisotopic (exact) mass is 507 g/mol. The number of rotatable bonds is 8. The Morgan fingerprint density at radius 1 is 1.14 bits per heavy atom. The van der Waals surface area contributed by atoms with E-state index in [2.05, 4.69) is 10.6 Å². The number of aliphatic hydroxyl groups excluding tert-OH is 1. The molecule has 3 amide bonds. The van der Waals surface area contributed by atoms with Crippen LogP contribution in [-0.2, 0) is 19.1 Å². The number of nitrogens with one attached hydrogen (secondary N) is 2. The Morgan fingerprint density at radius 3 is 2.43 bits per heavy atom. The predicted molar refractivity (Wildman–Crippen MR) is 136 cm³/mol. The number of ether oxygens (including phenoxy) is 2. The molecule has 6 atom stereocenters. The topological polar surface area (TPSA) is 117 Å². The lowest BCUT2D eigenvalue weighted by Crippen LogP contribution is -2.54. The number of benzene rings is 2. The zero-order valence-corrected chi connectivity index (χ0v) is 21.3. The second-order valence-electron chi connectivity index (χ2n) is 10.0. The molecule has 196 valence electrons. The summed E-state index contributed by atoms with van der Waals surface area (Å²) in [6, 6.07) is 14.3. The van der Waals surface area contributed by atoms with Gasteiger partial charge in [0.1, 0.15) is 17.4 Å². The van der Waals surface area contributed by atoms with Crippen molar-refractivity contribution >= 4 is 23.4 Å². The van der Waals surface area contributed by atoms with Crippen LogP contribution in [0.1, 0.15) is 37.8 Å². The summed E-state index contributed by atoms with van der Waals surface area (Å²) in [4.78, 5) is 42.9. The van der Waals surface area contributed by atoms with Crippen molar-refractivity contribution in [3.05, 3.63) is 60.2 Å². The number of likely N-dealkylation sites (tertiary alicyclic amines) is 1. The van der Waals surface area contributed by atoms with Crippen LogP contribution in [0, 0.1) is 11.8 Å². The molecule has 0 radical (unpaired) electrons. The van der Waals surface area contributed by atoms with Crippen molar-refractivity contribution in [1.82, 2.24) is 10.2 Å². The van der Waals surface area contributed by atoms with Crippen LogP contribution in [0.3, 0.4) is 0 Å².